The SMILES string of the molecule is CCc1nc2c(n1-c1cncc(Nc3ccc(C(F)(F)F)cc3)n1)CN(C)CC2. The van der Waals surface area contributed by atoms with Gasteiger partial charge in [-0.3, -0.25) is 9.55 Å². The van der Waals surface area contributed by atoms with Gasteiger partial charge in [-0.1, -0.05) is 6.92 Å². The van der Waals surface area contributed by atoms with E-state index in [0.29, 0.717) is 17.3 Å². The number of benzene rings is 1. The summed E-state index contributed by atoms with van der Waals surface area (Å²) in [5.74, 6) is 2.02. The lowest BCUT2D eigenvalue weighted by molar-refractivity contribution is -0.137. The van der Waals surface area contributed by atoms with Crippen LogP contribution in [-0.4, -0.2) is 38.0 Å². The molecule has 152 valence electrons. The largest absolute Gasteiger partial charge is 0.416 e. The van der Waals surface area contributed by atoms with Crippen LogP contribution in [0.1, 0.15) is 29.7 Å². The number of halogens is 3. The zero-order valence-corrected chi connectivity index (χ0v) is 16.2. The number of imidazole rings is 1. The van der Waals surface area contributed by atoms with Crippen LogP contribution >= 0.6 is 0 Å². The number of likely N-dealkylation sites (N-methyl/N-ethyl adjacent to an activating group) is 1. The molecular formula is C20H21F3N6. The predicted molar refractivity (Wildman–Crippen MR) is 103 cm³/mol. The zero-order chi connectivity index (χ0) is 20.6. The second-order valence-corrected chi connectivity index (χ2v) is 7.06. The van der Waals surface area contributed by atoms with Gasteiger partial charge in [-0.2, -0.15) is 13.2 Å². The summed E-state index contributed by atoms with van der Waals surface area (Å²) in [6.07, 6.45) is 0.510. The fraction of sp³-hybridized carbons (Fsp3) is 0.350. The minimum Gasteiger partial charge on any atom is -0.339 e. The van der Waals surface area contributed by atoms with Crippen LogP contribution in [0.3, 0.4) is 0 Å². The first-order chi connectivity index (χ1) is 13.8. The Morgan fingerprint density at radius 3 is 2.55 bits per heavy atom. The van der Waals surface area contributed by atoms with E-state index in [9.17, 15) is 13.2 Å². The van der Waals surface area contributed by atoms with Crippen molar-refractivity contribution in [2.24, 2.45) is 0 Å². The highest BCUT2D eigenvalue weighted by atomic mass is 19.4. The minimum absolute atomic E-state index is 0.455. The molecule has 1 N–H and O–H groups in total. The summed E-state index contributed by atoms with van der Waals surface area (Å²) in [4.78, 5) is 15.9. The van der Waals surface area contributed by atoms with Crippen LogP contribution in [0.4, 0.5) is 24.7 Å². The highest BCUT2D eigenvalue weighted by Gasteiger charge is 2.30. The number of anilines is 2. The average molecular weight is 402 g/mol. The van der Waals surface area contributed by atoms with Gasteiger partial charge < -0.3 is 10.2 Å². The molecular weight excluding hydrogens is 381 g/mol. The van der Waals surface area contributed by atoms with Crippen molar-refractivity contribution in [2.45, 2.75) is 32.5 Å². The molecule has 1 aliphatic rings. The standard InChI is InChI=1S/C20H21F3N6/c1-3-18-26-15-8-9-28(2)12-16(15)29(18)19-11-24-10-17(27-19)25-14-6-4-13(5-7-14)20(21,22)23/h4-7,10-11H,3,8-9,12H2,1-2H3,(H,25,27). The molecule has 3 heterocycles. The van der Waals surface area contributed by atoms with Gasteiger partial charge in [-0.05, 0) is 31.3 Å². The molecule has 3 aromatic rings. The molecule has 1 aromatic carbocycles. The van der Waals surface area contributed by atoms with Crippen LogP contribution in [0.15, 0.2) is 36.7 Å². The summed E-state index contributed by atoms with van der Waals surface area (Å²) < 4.78 is 40.3. The number of nitrogens with one attached hydrogen (secondary N) is 1. The molecule has 2 aromatic heterocycles. The number of fused-ring (bicyclic) bond motifs is 1. The molecule has 0 aliphatic carbocycles. The molecule has 0 radical (unpaired) electrons. The van der Waals surface area contributed by atoms with E-state index in [1.807, 2.05) is 11.5 Å². The van der Waals surface area contributed by atoms with Gasteiger partial charge in [-0.25, -0.2) is 9.97 Å². The van der Waals surface area contributed by atoms with Crippen LogP contribution in [0, 0.1) is 0 Å². The number of aryl methyl sites for hydroxylation is 1. The van der Waals surface area contributed by atoms with E-state index in [2.05, 4.69) is 27.2 Å². The maximum absolute atomic E-state index is 12.7. The smallest absolute Gasteiger partial charge is 0.339 e. The van der Waals surface area contributed by atoms with Gasteiger partial charge in [0.25, 0.3) is 0 Å². The predicted octanol–water partition coefficient (Wildman–Crippen LogP) is 3.98. The lowest BCUT2D eigenvalue weighted by Gasteiger charge is -2.23. The van der Waals surface area contributed by atoms with Crippen LogP contribution in [0.5, 0.6) is 0 Å². The summed E-state index contributed by atoms with van der Waals surface area (Å²) in [6, 6.07) is 4.83. The van der Waals surface area contributed by atoms with Crippen LogP contribution in [0.2, 0.25) is 0 Å². The summed E-state index contributed by atoms with van der Waals surface area (Å²) in [5, 5.41) is 3.03. The number of aromatic nitrogens is 4. The summed E-state index contributed by atoms with van der Waals surface area (Å²) in [5.41, 5.74) is 2.01. The molecule has 9 heteroatoms. The molecule has 4 rings (SSSR count). The first-order valence-corrected chi connectivity index (χ1v) is 9.39. The lowest BCUT2D eigenvalue weighted by Crippen LogP contribution is -2.28. The normalized spacial score (nSPS) is 14.7. The topological polar surface area (TPSA) is 58.9 Å². The van der Waals surface area contributed by atoms with Gasteiger partial charge in [0.15, 0.2) is 11.6 Å². The van der Waals surface area contributed by atoms with E-state index < -0.39 is 11.7 Å². The Bertz CT molecular complexity index is 1010. The van der Waals surface area contributed by atoms with Crippen molar-refractivity contribution < 1.29 is 13.2 Å². The summed E-state index contributed by atoms with van der Waals surface area (Å²) in [7, 11) is 2.07. The van der Waals surface area contributed by atoms with Gasteiger partial charge in [0, 0.05) is 31.6 Å². The van der Waals surface area contributed by atoms with E-state index in [1.54, 1.807) is 12.4 Å². The van der Waals surface area contributed by atoms with E-state index in [0.717, 1.165) is 55.3 Å². The molecule has 29 heavy (non-hydrogen) atoms. The molecule has 1 aliphatic heterocycles. The molecule has 6 nitrogen and oxygen atoms in total. The lowest BCUT2D eigenvalue weighted by atomic mass is 10.1. The molecule has 0 spiro atoms. The van der Waals surface area contributed by atoms with Gasteiger partial charge in [0.05, 0.1) is 29.3 Å². The van der Waals surface area contributed by atoms with Crippen LogP contribution in [0.25, 0.3) is 5.82 Å². The molecule has 0 saturated carbocycles. The number of alkyl halides is 3. The molecule has 0 atom stereocenters. The first-order valence-electron chi connectivity index (χ1n) is 9.39. The number of nitrogens with zero attached hydrogens (tertiary/aromatic N) is 5. The average Bonchev–Trinajstić information content (AvgIpc) is 3.05. The minimum atomic E-state index is -4.36. The highest BCUT2D eigenvalue weighted by Crippen LogP contribution is 2.30. The Kier molecular flexibility index (Phi) is 4.99. The van der Waals surface area contributed by atoms with E-state index in [-0.39, 0.29) is 0 Å². The molecule has 0 amide bonds. The van der Waals surface area contributed by atoms with E-state index in [4.69, 9.17) is 4.98 Å². The van der Waals surface area contributed by atoms with Crippen molar-refractivity contribution in [2.75, 3.05) is 18.9 Å². The maximum atomic E-state index is 12.7. The Labute approximate surface area is 166 Å². The first kappa shape index (κ1) is 19.4. The number of hydrogen-bond acceptors (Lipinski definition) is 5. The quantitative estimate of drug-likeness (QED) is 0.716. The number of rotatable bonds is 4. The second-order valence-electron chi connectivity index (χ2n) is 7.06. The van der Waals surface area contributed by atoms with Crippen LogP contribution < -0.4 is 5.32 Å². The van der Waals surface area contributed by atoms with Gasteiger partial charge in [-0.15, -0.1) is 0 Å². The van der Waals surface area contributed by atoms with Crippen molar-refractivity contribution in [1.82, 2.24) is 24.4 Å². The maximum Gasteiger partial charge on any atom is 0.416 e. The third kappa shape index (κ3) is 3.95. The van der Waals surface area contributed by atoms with Crippen molar-refractivity contribution in [3.8, 4) is 5.82 Å². The van der Waals surface area contributed by atoms with Gasteiger partial charge in [0.1, 0.15) is 5.82 Å². The van der Waals surface area contributed by atoms with Gasteiger partial charge >= 0.3 is 6.18 Å². The molecule has 0 saturated heterocycles. The monoisotopic (exact) mass is 402 g/mol. The fourth-order valence-corrected chi connectivity index (χ4v) is 3.47. The number of hydrogen-bond donors (Lipinski definition) is 1. The summed E-state index contributed by atoms with van der Waals surface area (Å²) >= 11 is 0. The summed E-state index contributed by atoms with van der Waals surface area (Å²) in [6.45, 7) is 3.79. The Hall–Kier alpha value is -2.94. The van der Waals surface area contributed by atoms with Crippen molar-refractivity contribution in [3.63, 3.8) is 0 Å². The fourth-order valence-electron chi connectivity index (χ4n) is 3.47. The molecule has 0 unspecified atom stereocenters. The highest BCUT2D eigenvalue weighted by molar-refractivity contribution is 5.56. The van der Waals surface area contributed by atoms with Crippen LogP contribution in [-0.2, 0) is 25.6 Å². The second kappa shape index (κ2) is 7.47. The molecule has 0 fully saturated rings. The Balaban J connectivity index is 1.64. The zero-order valence-electron chi connectivity index (χ0n) is 16.2. The third-order valence-electron chi connectivity index (χ3n) is 4.93. The van der Waals surface area contributed by atoms with Gasteiger partial charge in [0.2, 0.25) is 0 Å². The van der Waals surface area contributed by atoms with E-state index in [1.165, 1.54) is 12.1 Å². The Morgan fingerprint density at radius 2 is 1.86 bits per heavy atom. The molecule has 0 bridgehead atoms. The van der Waals surface area contributed by atoms with Crippen molar-refractivity contribution in [1.29, 1.82) is 0 Å². The third-order valence-corrected chi connectivity index (χ3v) is 4.93. The van der Waals surface area contributed by atoms with Crippen molar-refractivity contribution in [3.05, 3.63) is 59.4 Å². The Morgan fingerprint density at radius 1 is 1.10 bits per heavy atom. The van der Waals surface area contributed by atoms with E-state index >= 15 is 0 Å². The van der Waals surface area contributed by atoms with Crippen molar-refractivity contribution >= 4 is 11.5 Å².